The number of carbonyl (C=O) groups is 1. The molecule has 0 saturated carbocycles. The van der Waals surface area contributed by atoms with Crippen molar-refractivity contribution >= 4 is 11.8 Å². The van der Waals surface area contributed by atoms with Crippen molar-refractivity contribution in [3.05, 3.63) is 41.6 Å². The third-order valence-electron chi connectivity index (χ3n) is 2.91. The Hall–Kier alpha value is -2.51. The quantitative estimate of drug-likeness (QED) is 0.908. The third-order valence-corrected chi connectivity index (χ3v) is 2.91. The Morgan fingerprint density at radius 3 is 2.71 bits per heavy atom. The largest absolute Gasteiger partial charge is 0.481 e. The van der Waals surface area contributed by atoms with Crippen molar-refractivity contribution in [1.82, 2.24) is 9.78 Å². The number of aromatic nitrogens is 2. The van der Waals surface area contributed by atoms with Crippen molar-refractivity contribution < 1.29 is 23.1 Å². The third kappa shape index (κ3) is 3.33. The second kappa shape index (κ2) is 5.47. The topological polar surface area (TPSA) is 81.1 Å². The fraction of sp³-hybridized carbons (Fsp3) is 0.231. The van der Waals surface area contributed by atoms with E-state index in [1.165, 1.54) is 18.3 Å². The first-order chi connectivity index (χ1) is 9.79. The Kier molecular flexibility index (Phi) is 3.88. The zero-order valence-electron chi connectivity index (χ0n) is 10.8. The van der Waals surface area contributed by atoms with Gasteiger partial charge in [0.1, 0.15) is 5.82 Å². The van der Waals surface area contributed by atoms with Gasteiger partial charge in [0.2, 0.25) is 0 Å². The van der Waals surface area contributed by atoms with Crippen LogP contribution in [0.5, 0.6) is 0 Å². The molecule has 3 N–H and O–H groups in total. The van der Waals surface area contributed by atoms with E-state index in [1.807, 2.05) is 0 Å². The monoisotopic (exact) mass is 299 g/mol. The lowest BCUT2D eigenvalue weighted by Crippen LogP contribution is -2.08. The zero-order valence-corrected chi connectivity index (χ0v) is 10.8. The fourth-order valence-corrected chi connectivity index (χ4v) is 1.85. The number of hydrogen-bond acceptors (Lipinski definition) is 3. The van der Waals surface area contributed by atoms with Crippen LogP contribution in [0.2, 0.25) is 0 Å². The second-order valence-electron chi connectivity index (χ2n) is 4.41. The molecule has 0 aliphatic heterocycles. The first-order valence-corrected chi connectivity index (χ1v) is 6.01. The normalized spacial score (nSPS) is 11.6. The molecule has 2 rings (SSSR count). The summed E-state index contributed by atoms with van der Waals surface area (Å²) in [7, 11) is 0. The molecule has 8 heteroatoms. The number of rotatable bonds is 4. The van der Waals surface area contributed by atoms with Crippen molar-refractivity contribution in [2.45, 2.75) is 19.0 Å². The number of nitrogens with two attached hydrogens (primary N) is 1. The van der Waals surface area contributed by atoms with E-state index in [9.17, 15) is 18.0 Å². The van der Waals surface area contributed by atoms with Crippen molar-refractivity contribution in [3.8, 4) is 5.69 Å². The molecule has 0 aliphatic rings. The predicted molar refractivity (Wildman–Crippen MR) is 68.9 cm³/mol. The van der Waals surface area contributed by atoms with E-state index in [4.69, 9.17) is 10.8 Å². The van der Waals surface area contributed by atoms with Gasteiger partial charge >= 0.3 is 12.1 Å². The van der Waals surface area contributed by atoms with E-state index in [-0.39, 0.29) is 24.3 Å². The lowest BCUT2D eigenvalue weighted by molar-refractivity contribution is -0.138. The van der Waals surface area contributed by atoms with Crippen LogP contribution in [0.3, 0.4) is 0 Å². The molecule has 2 aromatic rings. The summed E-state index contributed by atoms with van der Waals surface area (Å²) in [5.74, 6) is -0.850. The average Bonchev–Trinajstić information content (AvgIpc) is 2.77. The Balaban J connectivity index is 2.33. The van der Waals surface area contributed by atoms with Crippen LogP contribution in [0, 0.1) is 0 Å². The van der Waals surface area contributed by atoms with Gasteiger partial charge in [-0.15, -0.1) is 0 Å². The summed E-state index contributed by atoms with van der Waals surface area (Å²) in [5.41, 5.74) is 5.65. The van der Waals surface area contributed by atoms with Gasteiger partial charge in [0.25, 0.3) is 0 Å². The molecular weight excluding hydrogens is 287 g/mol. The highest BCUT2D eigenvalue weighted by Crippen LogP contribution is 2.30. The Morgan fingerprint density at radius 2 is 2.10 bits per heavy atom. The number of nitrogens with zero attached hydrogens (tertiary/aromatic N) is 2. The highest BCUT2D eigenvalue weighted by molar-refractivity contribution is 5.67. The van der Waals surface area contributed by atoms with Gasteiger partial charge < -0.3 is 10.8 Å². The Labute approximate surface area is 117 Å². The lowest BCUT2D eigenvalue weighted by atomic mass is 10.1. The Bertz CT molecular complexity index is 665. The molecule has 0 atom stereocenters. The zero-order chi connectivity index (χ0) is 15.6. The number of halogens is 3. The molecule has 0 aliphatic carbocycles. The van der Waals surface area contributed by atoms with Gasteiger partial charge in [-0.2, -0.15) is 18.3 Å². The summed E-state index contributed by atoms with van der Waals surface area (Å²) in [5, 5.41) is 12.5. The first-order valence-electron chi connectivity index (χ1n) is 6.01. The molecule has 0 spiro atoms. The Morgan fingerprint density at radius 1 is 1.38 bits per heavy atom. The highest BCUT2D eigenvalue weighted by atomic mass is 19.4. The summed E-state index contributed by atoms with van der Waals surface area (Å²) in [6.07, 6.45) is -3.05. The second-order valence-corrected chi connectivity index (χ2v) is 4.41. The molecule has 0 bridgehead atoms. The van der Waals surface area contributed by atoms with E-state index in [1.54, 1.807) is 0 Å². The SMILES string of the molecule is Nc1c(CCC(=O)O)cnn1-c1cccc(C(F)(F)F)c1. The summed E-state index contributed by atoms with van der Waals surface area (Å²) in [6, 6.07) is 4.59. The summed E-state index contributed by atoms with van der Waals surface area (Å²) in [4.78, 5) is 10.5. The molecule has 0 unspecified atom stereocenters. The number of hydrogen-bond donors (Lipinski definition) is 2. The van der Waals surface area contributed by atoms with Gasteiger partial charge in [0.05, 0.1) is 17.4 Å². The molecule has 0 saturated heterocycles. The lowest BCUT2D eigenvalue weighted by Gasteiger charge is -2.10. The average molecular weight is 299 g/mol. The number of carboxylic acids is 1. The molecule has 21 heavy (non-hydrogen) atoms. The summed E-state index contributed by atoms with van der Waals surface area (Å²) < 4.78 is 39.2. The number of carboxylic acid groups (broad SMARTS) is 1. The summed E-state index contributed by atoms with van der Waals surface area (Å²) >= 11 is 0. The minimum absolute atomic E-state index is 0.127. The van der Waals surface area contributed by atoms with Gasteiger partial charge in [-0.25, -0.2) is 4.68 Å². The standard InChI is InChI=1S/C13H12F3N3O2/c14-13(15,16)9-2-1-3-10(6-9)19-12(17)8(7-18-19)4-5-11(20)21/h1-3,6-7H,4-5,17H2,(H,20,21). The number of benzene rings is 1. The molecule has 0 fully saturated rings. The number of aryl methyl sites for hydroxylation is 1. The van der Waals surface area contributed by atoms with E-state index in [2.05, 4.69) is 5.10 Å². The smallest absolute Gasteiger partial charge is 0.416 e. The number of aliphatic carboxylic acids is 1. The molecule has 1 heterocycles. The van der Waals surface area contributed by atoms with Gasteiger partial charge in [-0.1, -0.05) is 6.07 Å². The highest BCUT2D eigenvalue weighted by Gasteiger charge is 2.30. The van der Waals surface area contributed by atoms with Crippen LogP contribution in [0.25, 0.3) is 5.69 Å². The molecular formula is C13H12F3N3O2. The molecule has 0 radical (unpaired) electrons. The molecule has 1 aromatic carbocycles. The van der Waals surface area contributed by atoms with Crippen LogP contribution in [0.1, 0.15) is 17.5 Å². The van der Waals surface area contributed by atoms with Crippen molar-refractivity contribution in [1.29, 1.82) is 0 Å². The molecule has 0 amide bonds. The van der Waals surface area contributed by atoms with E-state index in [0.717, 1.165) is 16.8 Å². The number of alkyl halides is 3. The van der Waals surface area contributed by atoms with Crippen LogP contribution >= 0.6 is 0 Å². The number of nitrogen functional groups attached to an aromatic ring is 1. The maximum atomic E-state index is 12.7. The van der Waals surface area contributed by atoms with Crippen LogP contribution in [0.15, 0.2) is 30.5 Å². The van der Waals surface area contributed by atoms with Crippen LogP contribution in [-0.2, 0) is 17.4 Å². The van der Waals surface area contributed by atoms with E-state index < -0.39 is 17.7 Å². The maximum Gasteiger partial charge on any atom is 0.416 e. The minimum Gasteiger partial charge on any atom is -0.481 e. The van der Waals surface area contributed by atoms with Gasteiger partial charge in [-0.05, 0) is 24.6 Å². The number of anilines is 1. The van der Waals surface area contributed by atoms with Crippen molar-refractivity contribution in [2.75, 3.05) is 5.73 Å². The van der Waals surface area contributed by atoms with E-state index >= 15 is 0 Å². The minimum atomic E-state index is -4.45. The van der Waals surface area contributed by atoms with Crippen LogP contribution < -0.4 is 5.73 Å². The van der Waals surface area contributed by atoms with E-state index in [0.29, 0.717) is 5.56 Å². The van der Waals surface area contributed by atoms with Crippen molar-refractivity contribution in [3.63, 3.8) is 0 Å². The first kappa shape index (κ1) is 14.9. The molecule has 112 valence electrons. The molecule has 1 aromatic heterocycles. The van der Waals surface area contributed by atoms with Gasteiger partial charge in [0, 0.05) is 12.0 Å². The van der Waals surface area contributed by atoms with Gasteiger partial charge in [-0.3, -0.25) is 4.79 Å². The summed E-state index contributed by atoms with van der Waals surface area (Å²) in [6.45, 7) is 0. The van der Waals surface area contributed by atoms with Crippen LogP contribution in [0.4, 0.5) is 19.0 Å². The maximum absolute atomic E-state index is 12.7. The molecule has 5 nitrogen and oxygen atoms in total. The fourth-order valence-electron chi connectivity index (χ4n) is 1.85. The van der Waals surface area contributed by atoms with Gasteiger partial charge in [0.15, 0.2) is 0 Å². The van der Waals surface area contributed by atoms with Crippen LogP contribution in [-0.4, -0.2) is 20.9 Å². The predicted octanol–water partition coefficient (Wildman–Crippen LogP) is 2.49. The van der Waals surface area contributed by atoms with Crippen molar-refractivity contribution in [2.24, 2.45) is 0 Å².